The summed E-state index contributed by atoms with van der Waals surface area (Å²) in [5.74, 6) is 0.201. The smallest absolute Gasteiger partial charge is 0.260 e. The van der Waals surface area contributed by atoms with Crippen LogP contribution in [0.2, 0.25) is 0 Å². The first-order valence-corrected chi connectivity index (χ1v) is 11.2. The van der Waals surface area contributed by atoms with Gasteiger partial charge in [0.15, 0.2) is 0 Å². The average Bonchev–Trinajstić information content (AvgIpc) is 3.08. The van der Waals surface area contributed by atoms with Crippen molar-refractivity contribution in [3.8, 4) is 0 Å². The summed E-state index contributed by atoms with van der Waals surface area (Å²) in [6, 6.07) is 0. The van der Waals surface area contributed by atoms with Crippen LogP contribution in [-0.4, -0.2) is 34.3 Å². The highest BCUT2D eigenvalue weighted by Gasteiger charge is 2.23. The van der Waals surface area contributed by atoms with E-state index in [9.17, 15) is 9.59 Å². The van der Waals surface area contributed by atoms with Crippen LogP contribution in [0.1, 0.15) is 61.4 Å². The summed E-state index contributed by atoms with van der Waals surface area (Å²) in [6.07, 6.45) is 15.0. The molecule has 3 rings (SSSR count). The van der Waals surface area contributed by atoms with Gasteiger partial charge in [0.2, 0.25) is 0 Å². The predicted octanol–water partition coefficient (Wildman–Crippen LogP) is 3.85. The molecule has 2 heterocycles. The first-order chi connectivity index (χ1) is 14.4. The van der Waals surface area contributed by atoms with Crippen LogP contribution in [0.3, 0.4) is 0 Å². The molecule has 164 valence electrons. The van der Waals surface area contributed by atoms with Crippen LogP contribution in [0.4, 0.5) is 0 Å². The second-order valence-electron chi connectivity index (χ2n) is 8.45. The maximum absolute atomic E-state index is 12.8. The van der Waals surface area contributed by atoms with Gasteiger partial charge >= 0.3 is 0 Å². The van der Waals surface area contributed by atoms with Crippen molar-refractivity contribution in [2.45, 2.75) is 58.5 Å². The third kappa shape index (κ3) is 4.86. The van der Waals surface area contributed by atoms with Crippen molar-refractivity contribution in [2.24, 2.45) is 20.0 Å². The lowest BCUT2D eigenvalue weighted by atomic mass is 9.86. The summed E-state index contributed by atoms with van der Waals surface area (Å²) < 4.78 is 9.49. The molecule has 0 radical (unpaired) electrons. The first kappa shape index (κ1) is 22.3. The molecule has 6 nitrogen and oxygen atoms in total. The quantitative estimate of drug-likeness (QED) is 0.528. The molecular formula is C24H35N3O3. The lowest BCUT2D eigenvalue weighted by Gasteiger charge is -2.29. The number of carbonyl (C=O) groups is 1. The van der Waals surface area contributed by atoms with Crippen LogP contribution in [0.25, 0.3) is 10.9 Å². The molecular weight excluding hydrogens is 378 g/mol. The van der Waals surface area contributed by atoms with Crippen LogP contribution in [0.5, 0.6) is 0 Å². The molecule has 1 amide bonds. The number of pyridine rings is 1. The highest BCUT2D eigenvalue weighted by Crippen LogP contribution is 2.28. The Hall–Kier alpha value is -2.34. The maximum Gasteiger partial charge on any atom is 0.260 e. The molecule has 0 aliphatic heterocycles. The van der Waals surface area contributed by atoms with E-state index in [0.29, 0.717) is 29.5 Å². The number of aryl methyl sites for hydroxylation is 3. The number of fused-ring (bicyclic) bond motifs is 1. The van der Waals surface area contributed by atoms with Crippen molar-refractivity contribution in [3.05, 3.63) is 46.0 Å². The van der Waals surface area contributed by atoms with Gasteiger partial charge in [0.05, 0.1) is 22.6 Å². The predicted molar refractivity (Wildman–Crippen MR) is 121 cm³/mol. The van der Waals surface area contributed by atoms with Gasteiger partial charge in [-0.1, -0.05) is 38.3 Å². The third-order valence-corrected chi connectivity index (χ3v) is 6.07. The number of hydrogen-bond acceptors (Lipinski definition) is 3. The van der Waals surface area contributed by atoms with Gasteiger partial charge < -0.3 is 19.2 Å². The summed E-state index contributed by atoms with van der Waals surface area (Å²) in [6.45, 7) is 5.41. The van der Waals surface area contributed by atoms with Gasteiger partial charge in [-0.15, -0.1) is 0 Å². The Balaban J connectivity index is 1.65. The fraction of sp³-hybridized carbons (Fsp3) is 0.583. The van der Waals surface area contributed by atoms with Crippen LogP contribution >= 0.6 is 0 Å². The number of ether oxygens (including phenoxy) is 1. The SMILES string of the molecule is CCCCOC1CCCCC1/C=C\CNC(=O)c1cn(C)c2c(C)cn(C)c(=O)c12. The second-order valence-corrected chi connectivity index (χ2v) is 8.45. The van der Waals surface area contributed by atoms with E-state index in [4.69, 9.17) is 4.74 Å². The summed E-state index contributed by atoms with van der Waals surface area (Å²) in [4.78, 5) is 25.4. The normalized spacial score (nSPS) is 19.6. The number of hydrogen-bond donors (Lipinski definition) is 1. The number of unbranched alkanes of at least 4 members (excludes halogenated alkanes) is 1. The number of nitrogens with zero attached hydrogens (tertiary/aromatic N) is 2. The first-order valence-electron chi connectivity index (χ1n) is 11.2. The fourth-order valence-electron chi connectivity index (χ4n) is 4.50. The Morgan fingerprint density at radius 1 is 1.23 bits per heavy atom. The minimum atomic E-state index is -0.215. The Kier molecular flexibility index (Phi) is 7.53. The Morgan fingerprint density at radius 2 is 2.00 bits per heavy atom. The average molecular weight is 414 g/mol. The van der Waals surface area contributed by atoms with Gasteiger partial charge in [0, 0.05) is 45.6 Å². The zero-order valence-corrected chi connectivity index (χ0v) is 18.7. The highest BCUT2D eigenvalue weighted by atomic mass is 16.5. The van der Waals surface area contributed by atoms with Gasteiger partial charge in [0.1, 0.15) is 0 Å². The summed E-state index contributed by atoms with van der Waals surface area (Å²) >= 11 is 0. The molecule has 1 saturated carbocycles. The lowest BCUT2D eigenvalue weighted by molar-refractivity contribution is 0.00253. The number of carbonyl (C=O) groups excluding carboxylic acids is 1. The molecule has 2 aromatic heterocycles. The standard InChI is InChI=1S/C24H35N3O3/c1-5-6-14-30-20-12-8-7-10-18(20)11-9-13-25-23(28)19-16-26(3)22-17(2)15-27(4)24(29)21(19)22/h9,11,15-16,18,20H,5-8,10,12-14H2,1-4H3,(H,25,28)/b11-9-. The van der Waals surface area contributed by atoms with Crippen LogP contribution < -0.4 is 10.9 Å². The molecule has 6 heteroatoms. The van der Waals surface area contributed by atoms with Crippen LogP contribution in [0.15, 0.2) is 29.3 Å². The minimum absolute atomic E-state index is 0.147. The van der Waals surface area contributed by atoms with E-state index in [0.717, 1.165) is 43.4 Å². The van der Waals surface area contributed by atoms with Crippen molar-refractivity contribution in [1.82, 2.24) is 14.5 Å². The second kappa shape index (κ2) is 10.1. The topological polar surface area (TPSA) is 65.3 Å². The summed E-state index contributed by atoms with van der Waals surface area (Å²) in [5, 5.41) is 3.43. The number of aromatic nitrogens is 2. The lowest BCUT2D eigenvalue weighted by Crippen LogP contribution is -2.28. The van der Waals surface area contributed by atoms with Crippen molar-refractivity contribution in [2.75, 3.05) is 13.2 Å². The molecule has 2 atom stereocenters. The van der Waals surface area contributed by atoms with Crippen LogP contribution in [0, 0.1) is 12.8 Å². The van der Waals surface area contributed by atoms with Gasteiger partial charge in [0.25, 0.3) is 11.5 Å². The molecule has 0 bridgehead atoms. The molecule has 1 aliphatic rings. The van der Waals surface area contributed by atoms with Crippen molar-refractivity contribution in [1.29, 1.82) is 0 Å². The van der Waals surface area contributed by atoms with Crippen LogP contribution in [-0.2, 0) is 18.8 Å². The molecule has 1 N–H and O–H groups in total. The zero-order valence-electron chi connectivity index (χ0n) is 18.7. The van der Waals surface area contributed by atoms with Gasteiger partial charge in [-0.25, -0.2) is 0 Å². The molecule has 0 spiro atoms. The fourth-order valence-corrected chi connectivity index (χ4v) is 4.50. The van der Waals surface area contributed by atoms with Crippen molar-refractivity contribution in [3.63, 3.8) is 0 Å². The third-order valence-electron chi connectivity index (χ3n) is 6.07. The molecule has 0 aromatic carbocycles. The molecule has 2 unspecified atom stereocenters. The van der Waals surface area contributed by atoms with E-state index in [2.05, 4.69) is 18.3 Å². The number of nitrogens with one attached hydrogen (secondary N) is 1. The van der Waals surface area contributed by atoms with E-state index in [1.165, 1.54) is 17.4 Å². The molecule has 0 saturated heterocycles. The largest absolute Gasteiger partial charge is 0.378 e. The maximum atomic E-state index is 12.8. The van der Waals surface area contributed by atoms with E-state index in [-0.39, 0.29) is 11.5 Å². The van der Waals surface area contributed by atoms with E-state index < -0.39 is 0 Å². The van der Waals surface area contributed by atoms with Crippen molar-refractivity contribution >= 4 is 16.8 Å². The van der Waals surface area contributed by atoms with Gasteiger partial charge in [-0.3, -0.25) is 9.59 Å². The zero-order chi connectivity index (χ0) is 21.7. The van der Waals surface area contributed by atoms with E-state index >= 15 is 0 Å². The molecule has 1 fully saturated rings. The number of amides is 1. The summed E-state index contributed by atoms with van der Waals surface area (Å²) in [5.41, 5.74) is 2.07. The Morgan fingerprint density at radius 3 is 2.77 bits per heavy atom. The molecule has 30 heavy (non-hydrogen) atoms. The van der Waals surface area contributed by atoms with Crippen molar-refractivity contribution < 1.29 is 9.53 Å². The molecule has 1 aliphatic carbocycles. The van der Waals surface area contributed by atoms with E-state index in [1.807, 2.05) is 24.6 Å². The Labute approximate surface area is 178 Å². The Bertz CT molecular complexity index is 970. The highest BCUT2D eigenvalue weighted by molar-refractivity contribution is 6.07. The van der Waals surface area contributed by atoms with E-state index in [1.54, 1.807) is 19.4 Å². The number of rotatable bonds is 8. The van der Waals surface area contributed by atoms with Gasteiger partial charge in [-0.2, -0.15) is 0 Å². The summed E-state index contributed by atoms with van der Waals surface area (Å²) in [7, 11) is 3.59. The monoisotopic (exact) mass is 413 g/mol. The minimum Gasteiger partial charge on any atom is -0.378 e. The van der Waals surface area contributed by atoms with Gasteiger partial charge in [-0.05, 0) is 31.7 Å². The molecule has 2 aromatic rings.